The molecule has 2 aromatic carbocycles. The number of hydrogen-bond acceptors (Lipinski definition) is 4. The molecule has 29 heavy (non-hydrogen) atoms. The maximum Gasteiger partial charge on any atom is 0.307 e. The van der Waals surface area contributed by atoms with Crippen LogP contribution >= 0.6 is 11.6 Å². The molecular formula is C21H17ClFN3O3. The Balaban J connectivity index is 2.03. The molecular weight excluding hydrogens is 397 g/mol. The van der Waals surface area contributed by atoms with E-state index >= 15 is 0 Å². The Labute approximate surface area is 171 Å². The van der Waals surface area contributed by atoms with Crippen LogP contribution in [-0.4, -0.2) is 27.0 Å². The topological polar surface area (TPSA) is 106 Å². The van der Waals surface area contributed by atoms with Crippen molar-refractivity contribution >= 4 is 23.5 Å². The number of nitrogens with zero attached hydrogens (tertiary/aromatic N) is 2. The Morgan fingerprint density at radius 3 is 2.34 bits per heavy atom. The van der Waals surface area contributed by atoms with Crippen molar-refractivity contribution in [2.24, 2.45) is 5.73 Å². The molecule has 1 aromatic heterocycles. The highest BCUT2D eigenvalue weighted by Gasteiger charge is 2.17. The van der Waals surface area contributed by atoms with Crippen LogP contribution in [0, 0.1) is 19.7 Å². The minimum absolute atomic E-state index is 0.0344. The molecule has 3 aromatic rings. The van der Waals surface area contributed by atoms with E-state index in [0.717, 1.165) is 0 Å². The van der Waals surface area contributed by atoms with Crippen LogP contribution in [0.4, 0.5) is 4.39 Å². The number of benzene rings is 2. The van der Waals surface area contributed by atoms with Gasteiger partial charge in [-0.2, -0.15) is 0 Å². The summed E-state index contributed by atoms with van der Waals surface area (Å²) in [5.41, 5.74) is 8.33. The Morgan fingerprint density at radius 2 is 1.76 bits per heavy atom. The summed E-state index contributed by atoms with van der Waals surface area (Å²) in [7, 11) is 0. The first-order chi connectivity index (χ1) is 13.7. The number of nitrogens with two attached hydrogens (primary N) is 1. The van der Waals surface area contributed by atoms with Crippen LogP contribution < -0.4 is 5.73 Å². The van der Waals surface area contributed by atoms with E-state index < -0.39 is 17.7 Å². The summed E-state index contributed by atoms with van der Waals surface area (Å²) in [6, 6.07) is 9.17. The summed E-state index contributed by atoms with van der Waals surface area (Å²) in [6.07, 6.45) is -0.172. The summed E-state index contributed by atoms with van der Waals surface area (Å²) < 4.78 is 14.9. The summed E-state index contributed by atoms with van der Waals surface area (Å²) in [5.74, 6) is -2.23. The molecule has 0 atom stereocenters. The Bertz CT molecular complexity index is 1150. The van der Waals surface area contributed by atoms with Crippen molar-refractivity contribution in [3.63, 3.8) is 0 Å². The second-order valence-corrected chi connectivity index (χ2v) is 6.94. The number of aromatic nitrogens is 2. The van der Waals surface area contributed by atoms with E-state index in [4.69, 9.17) is 22.4 Å². The van der Waals surface area contributed by atoms with Crippen LogP contribution in [0.5, 0.6) is 0 Å². The summed E-state index contributed by atoms with van der Waals surface area (Å²) >= 11 is 6.24. The monoisotopic (exact) mass is 413 g/mol. The fraction of sp³-hybridized carbons (Fsp3) is 0.143. The maximum absolute atomic E-state index is 14.9. The van der Waals surface area contributed by atoms with Crippen LogP contribution in [0.25, 0.3) is 22.4 Å². The average Bonchev–Trinajstić information content (AvgIpc) is 2.61. The third-order valence-electron chi connectivity index (χ3n) is 4.40. The predicted octanol–water partition coefficient (Wildman–Crippen LogP) is 3.95. The van der Waals surface area contributed by atoms with Gasteiger partial charge in [0, 0.05) is 21.7 Å². The molecule has 0 spiro atoms. The lowest BCUT2D eigenvalue weighted by molar-refractivity contribution is -0.136. The average molecular weight is 414 g/mol. The molecule has 0 saturated heterocycles. The number of carboxylic acid groups (broad SMARTS) is 1. The van der Waals surface area contributed by atoms with Crippen molar-refractivity contribution in [3.8, 4) is 22.4 Å². The molecule has 3 rings (SSSR count). The standard InChI is InChI=1S/C21H17ClFN3O3/c1-10-19(26-20(21(24)29)11(2)25-10)13-4-6-15(17(23)9-13)14-5-3-12(7-16(14)22)8-18(27)28/h3-7,9H,8H2,1-2H3,(H2,24,29)(H,27,28). The lowest BCUT2D eigenvalue weighted by Gasteiger charge is -2.12. The minimum Gasteiger partial charge on any atom is -0.481 e. The van der Waals surface area contributed by atoms with Gasteiger partial charge in [0.1, 0.15) is 11.5 Å². The van der Waals surface area contributed by atoms with Gasteiger partial charge in [0.2, 0.25) is 0 Å². The number of carboxylic acids is 1. The van der Waals surface area contributed by atoms with Gasteiger partial charge >= 0.3 is 5.97 Å². The molecule has 1 amide bonds. The SMILES string of the molecule is Cc1nc(C)c(-c2ccc(-c3ccc(CC(=O)O)cc3Cl)c(F)c2)nc1C(N)=O. The summed E-state index contributed by atoms with van der Waals surface area (Å²) in [5, 5.41) is 9.13. The van der Waals surface area contributed by atoms with Gasteiger partial charge in [0.05, 0.1) is 23.5 Å². The first-order valence-electron chi connectivity index (χ1n) is 8.63. The number of primary amides is 1. The van der Waals surface area contributed by atoms with Gasteiger partial charge < -0.3 is 10.8 Å². The van der Waals surface area contributed by atoms with E-state index in [1.807, 2.05) is 0 Å². The zero-order chi connectivity index (χ0) is 21.3. The molecule has 6 nitrogen and oxygen atoms in total. The van der Waals surface area contributed by atoms with Crippen molar-refractivity contribution in [1.29, 1.82) is 0 Å². The number of halogens is 2. The smallest absolute Gasteiger partial charge is 0.307 e. The van der Waals surface area contributed by atoms with Crippen molar-refractivity contribution in [2.75, 3.05) is 0 Å². The minimum atomic E-state index is -0.978. The quantitative estimate of drug-likeness (QED) is 0.658. The highest BCUT2D eigenvalue weighted by molar-refractivity contribution is 6.33. The van der Waals surface area contributed by atoms with Crippen LogP contribution in [-0.2, 0) is 11.2 Å². The molecule has 0 aliphatic heterocycles. The maximum atomic E-state index is 14.9. The van der Waals surface area contributed by atoms with E-state index in [9.17, 15) is 14.0 Å². The number of aliphatic carboxylic acids is 1. The zero-order valence-corrected chi connectivity index (χ0v) is 16.4. The van der Waals surface area contributed by atoms with E-state index in [2.05, 4.69) is 9.97 Å². The van der Waals surface area contributed by atoms with Crippen LogP contribution in [0.1, 0.15) is 27.4 Å². The number of rotatable bonds is 5. The summed E-state index contributed by atoms with van der Waals surface area (Å²) in [6.45, 7) is 3.34. The highest BCUT2D eigenvalue weighted by Crippen LogP contribution is 2.33. The first kappa shape index (κ1) is 20.4. The van der Waals surface area contributed by atoms with E-state index in [0.29, 0.717) is 33.8 Å². The van der Waals surface area contributed by atoms with Gasteiger partial charge in [0.15, 0.2) is 0 Å². The van der Waals surface area contributed by atoms with E-state index in [1.54, 1.807) is 38.1 Å². The molecule has 8 heteroatoms. The Hall–Kier alpha value is -3.32. The zero-order valence-electron chi connectivity index (χ0n) is 15.7. The summed E-state index contributed by atoms with van der Waals surface area (Å²) in [4.78, 5) is 30.9. The molecule has 0 saturated carbocycles. The van der Waals surface area contributed by atoms with Gasteiger partial charge in [-0.1, -0.05) is 35.9 Å². The van der Waals surface area contributed by atoms with Crippen molar-refractivity contribution in [2.45, 2.75) is 20.3 Å². The number of carbonyl (C=O) groups is 2. The van der Waals surface area contributed by atoms with Gasteiger partial charge in [0.25, 0.3) is 5.91 Å². The fourth-order valence-corrected chi connectivity index (χ4v) is 3.39. The second kappa shape index (κ2) is 7.97. The number of amides is 1. The number of carbonyl (C=O) groups excluding carboxylic acids is 1. The number of hydrogen-bond donors (Lipinski definition) is 2. The molecule has 0 aliphatic rings. The molecule has 1 heterocycles. The van der Waals surface area contributed by atoms with Crippen LogP contribution in [0.3, 0.4) is 0 Å². The largest absolute Gasteiger partial charge is 0.481 e. The molecule has 3 N–H and O–H groups in total. The predicted molar refractivity (Wildman–Crippen MR) is 107 cm³/mol. The molecule has 0 unspecified atom stereocenters. The lowest BCUT2D eigenvalue weighted by atomic mass is 9.99. The molecule has 0 radical (unpaired) electrons. The third-order valence-corrected chi connectivity index (χ3v) is 4.71. The lowest BCUT2D eigenvalue weighted by Crippen LogP contribution is -2.17. The van der Waals surface area contributed by atoms with Crippen LogP contribution in [0.15, 0.2) is 36.4 Å². The van der Waals surface area contributed by atoms with Gasteiger partial charge in [-0.15, -0.1) is 0 Å². The number of aryl methyl sites for hydroxylation is 2. The molecule has 0 bridgehead atoms. The second-order valence-electron chi connectivity index (χ2n) is 6.54. The van der Waals surface area contributed by atoms with Gasteiger partial charge in [-0.05, 0) is 31.5 Å². The van der Waals surface area contributed by atoms with Crippen LogP contribution in [0.2, 0.25) is 5.02 Å². The van der Waals surface area contributed by atoms with Crippen molar-refractivity contribution in [3.05, 3.63) is 69.9 Å². The third kappa shape index (κ3) is 4.25. The first-order valence-corrected chi connectivity index (χ1v) is 9.00. The highest BCUT2D eigenvalue weighted by atomic mass is 35.5. The van der Waals surface area contributed by atoms with E-state index in [1.165, 1.54) is 12.1 Å². The molecule has 148 valence electrons. The normalized spacial score (nSPS) is 10.8. The fourth-order valence-electron chi connectivity index (χ4n) is 3.08. The van der Waals surface area contributed by atoms with E-state index in [-0.39, 0.29) is 22.7 Å². The van der Waals surface area contributed by atoms with Gasteiger partial charge in [-0.3, -0.25) is 14.6 Å². The van der Waals surface area contributed by atoms with Crippen molar-refractivity contribution in [1.82, 2.24) is 9.97 Å². The molecule has 0 fully saturated rings. The molecule has 0 aliphatic carbocycles. The van der Waals surface area contributed by atoms with Gasteiger partial charge in [-0.25, -0.2) is 9.37 Å². The Kier molecular flexibility index (Phi) is 5.61. The Morgan fingerprint density at radius 1 is 1.07 bits per heavy atom. The van der Waals surface area contributed by atoms with Crippen molar-refractivity contribution < 1.29 is 19.1 Å².